The van der Waals surface area contributed by atoms with Crippen LogP contribution >= 0.6 is 0 Å². The van der Waals surface area contributed by atoms with Crippen molar-refractivity contribution >= 4 is 16.7 Å². The van der Waals surface area contributed by atoms with E-state index in [1.807, 2.05) is 50.2 Å². The van der Waals surface area contributed by atoms with Crippen LogP contribution in [0.1, 0.15) is 55.5 Å². The first kappa shape index (κ1) is 39.5. The maximum atomic E-state index is 10.2. The van der Waals surface area contributed by atoms with Crippen molar-refractivity contribution in [1.29, 1.82) is 0 Å². The molecule has 0 unspecified atom stereocenters. The zero-order valence-corrected chi connectivity index (χ0v) is 31.1. The number of anilines is 1. The van der Waals surface area contributed by atoms with Gasteiger partial charge in [-0.25, -0.2) is 4.58 Å². The normalized spacial score (nSPS) is 10.4. The number of aromatic hydroxyl groups is 3. The summed E-state index contributed by atoms with van der Waals surface area (Å²) in [5.41, 5.74) is 8.11. The maximum absolute atomic E-state index is 10.2. The Kier molecular flexibility index (Phi) is 14.8. The van der Waals surface area contributed by atoms with Crippen molar-refractivity contribution in [3.05, 3.63) is 136 Å². The topological polar surface area (TPSA) is 80.1 Å². The van der Waals surface area contributed by atoms with Gasteiger partial charge in [0.05, 0.1) is 6.07 Å². The number of benzene rings is 5. The average Bonchev–Trinajstić information content (AvgIpc) is 3.07. The van der Waals surface area contributed by atoms with E-state index in [0.717, 1.165) is 76.4 Å². The number of fused-ring (bicyclic) bond motifs is 2. The number of aryl methyl sites for hydroxylation is 3. The summed E-state index contributed by atoms with van der Waals surface area (Å²) in [5.74, 6) is 1.85. The smallest absolute Gasteiger partial charge is 0.203 e. The van der Waals surface area contributed by atoms with Crippen molar-refractivity contribution in [2.24, 2.45) is 0 Å². The Morgan fingerprint density at radius 2 is 1.24 bits per heavy atom. The van der Waals surface area contributed by atoms with Crippen LogP contribution in [-0.4, -0.2) is 41.5 Å². The predicted molar refractivity (Wildman–Crippen MR) is 204 cm³/mol. The number of halogens is 1. The molecule has 1 aliphatic heterocycles. The van der Waals surface area contributed by atoms with Crippen LogP contribution in [0.15, 0.2) is 108 Å². The molecule has 0 aromatic heterocycles. The van der Waals surface area contributed by atoms with E-state index in [0.29, 0.717) is 12.2 Å². The fraction of sp³-hybridized carbons (Fsp3) is 0.279. The summed E-state index contributed by atoms with van der Waals surface area (Å²) in [4.78, 5) is 2.19. The molecule has 0 amide bonds. The molecule has 0 atom stereocenters. The van der Waals surface area contributed by atoms with Crippen LogP contribution in [0.2, 0.25) is 0 Å². The highest BCUT2D eigenvalue weighted by atomic mass is 35.5. The van der Waals surface area contributed by atoms with Crippen LogP contribution in [0.25, 0.3) is 22.3 Å². The van der Waals surface area contributed by atoms with Crippen molar-refractivity contribution in [1.82, 2.24) is 4.58 Å². The van der Waals surface area contributed by atoms with E-state index < -0.39 is 0 Å². The van der Waals surface area contributed by atoms with Crippen molar-refractivity contribution in [2.45, 2.75) is 54.9 Å². The Hall–Kier alpha value is -4.94. The van der Waals surface area contributed by atoms with E-state index in [9.17, 15) is 10.2 Å². The first-order valence-corrected chi connectivity index (χ1v) is 17.2. The number of nitrogens with zero attached hydrogens (tertiary/aromatic N) is 2. The third-order valence-corrected chi connectivity index (χ3v) is 8.65. The van der Waals surface area contributed by atoms with E-state index in [1.54, 1.807) is 24.3 Å². The third kappa shape index (κ3) is 10.5. The van der Waals surface area contributed by atoms with E-state index >= 15 is 0 Å². The van der Waals surface area contributed by atoms with Crippen LogP contribution < -0.4 is 27.2 Å². The molecule has 6 nitrogen and oxygen atoms in total. The molecular formula is C43H51ClN2O4. The quantitative estimate of drug-likeness (QED) is 0.137. The molecule has 4 aromatic rings. The Morgan fingerprint density at radius 3 is 1.82 bits per heavy atom. The van der Waals surface area contributed by atoms with Gasteiger partial charge >= 0.3 is 0 Å². The molecule has 3 N–H and O–H groups in total. The molecule has 0 saturated heterocycles. The largest absolute Gasteiger partial charge is 1.00 e. The molecule has 0 spiro atoms. The lowest BCUT2D eigenvalue weighted by atomic mass is 10.0. The Bertz CT molecular complexity index is 2010. The highest BCUT2D eigenvalue weighted by Gasteiger charge is 2.11. The molecule has 0 bridgehead atoms. The van der Waals surface area contributed by atoms with Gasteiger partial charge in [-0.15, -0.1) is 0 Å². The summed E-state index contributed by atoms with van der Waals surface area (Å²) in [5, 5.41) is 31.4. The standard InChI is InChI=1S/C18H23NO2.C18H20NO.C7H8O.ClH/c1-4-19(5-2)16-9-8-15(18(21)12-16)11-14-7-6-13(3)10-17(14)20;1-4-19(5-2)16-9-8-15-11-14-7-6-13(3)10-17(14)20-18(15)12-16;1-6-3-2-4-7(8)5-6;/h6-10,12,20-21H,4-5,11H2,1-3H3;6-12H,4-5H2,1-3H3;2-5,8H,1H3;1H/q;+1;;/p-1. The lowest BCUT2D eigenvalue weighted by Gasteiger charge is -2.21. The molecule has 0 saturated carbocycles. The lowest BCUT2D eigenvalue weighted by Crippen LogP contribution is -3.00. The van der Waals surface area contributed by atoms with Gasteiger partial charge in [-0.1, -0.05) is 42.5 Å². The summed E-state index contributed by atoms with van der Waals surface area (Å²) in [7, 11) is 0. The molecule has 7 heteroatoms. The molecule has 4 aromatic carbocycles. The fourth-order valence-corrected chi connectivity index (χ4v) is 5.80. The minimum absolute atomic E-state index is 0. The number of rotatable bonds is 7. The third-order valence-electron chi connectivity index (χ3n) is 8.65. The average molecular weight is 695 g/mol. The van der Waals surface area contributed by atoms with Gasteiger partial charge in [-0.2, -0.15) is 0 Å². The first-order valence-electron chi connectivity index (χ1n) is 17.2. The zero-order chi connectivity index (χ0) is 35.5. The molecule has 2 aliphatic rings. The van der Waals surface area contributed by atoms with Crippen molar-refractivity contribution in [2.75, 3.05) is 31.1 Å². The highest BCUT2D eigenvalue weighted by Crippen LogP contribution is 2.30. The SMILES string of the molecule is CCN(CC)c1ccc(Cc2ccc(C)cc2O)c(O)c1.CC[N+](CC)=c1ccc2cc3ccc(C)cc3oc-2c1.Cc1cccc(O)c1.[Cl-]. The molecule has 0 radical (unpaired) electrons. The van der Waals surface area contributed by atoms with Crippen LogP contribution in [0.4, 0.5) is 5.69 Å². The molecule has 1 aliphatic carbocycles. The summed E-state index contributed by atoms with van der Waals surface area (Å²) >= 11 is 0. The molecular weight excluding hydrogens is 644 g/mol. The lowest BCUT2D eigenvalue weighted by molar-refractivity contribution is -0.0000138. The minimum atomic E-state index is 0. The summed E-state index contributed by atoms with van der Waals surface area (Å²) in [6.07, 6.45) is 0.524. The molecule has 50 heavy (non-hydrogen) atoms. The van der Waals surface area contributed by atoms with E-state index in [1.165, 1.54) is 10.9 Å². The van der Waals surface area contributed by atoms with Gasteiger partial charge in [0.1, 0.15) is 41.7 Å². The predicted octanol–water partition coefficient (Wildman–Crippen LogP) is 6.21. The molecule has 0 fully saturated rings. The van der Waals surface area contributed by atoms with Gasteiger partial charge < -0.3 is 37.0 Å². The Morgan fingerprint density at radius 1 is 0.620 bits per heavy atom. The van der Waals surface area contributed by atoms with Crippen molar-refractivity contribution < 1.29 is 32.1 Å². The highest BCUT2D eigenvalue weighted by molar-refractivity contribution is 5.83. The molecule has 264 valence electrons. The minimum Gasteiger partial charge on any atom is -1.00 e. The second kappa shape index (κ2) is 18.7. The number of phenols is 3. The van der Waals surface area contributed by atoms with Crippen LogP contribution in [0.3, 0.4) is 0 Å². The second-order valence-corrected chi connectivity index (χ2v) is 12.3. The summed E-state index contributed by atoms with van der Waals surface area (Å²) < 4.78 is 8.41. The first-order chi connectivity index (χ1) is 23.5. The van der Waals surface area contributed by atoms with Crippen molar-refractivity contribution in [3.8, 4) is 28.6 Å². The Labute approximate surface area is 303 Å². The van der Waals surface area contributed by atoms with Gasteiger partial charge in [0.2, 0.25) is 5.36 Å². The fourth-order valence-electron chi connectivity index (χ4n) is 5.80. The van der Waals surface area contributed by atoms with Gasteiger partial charge in [0, 0.05) is 48.3 Å². The Balaban J connectivity index is 0.000000219. The van der Waals surface area contributed by atoms with Gasteiger partial charge in [0.25, 0.3) is 0 Å². The summed E-state index contributed by atoms with van der Waals surface area (Å²) in [6.45, 7) is 18.4. The van der Waals surface area contributed by atoms with Crippen LogP contribution in [-0.2, 0) is 6.42 Å². The van der Waals surface area contributed by atoms with Crippen molar-refractivity contribution in [3.63, 3.8) is 0 Å². The monoisotopic (exact) mass is 694 g/mol. The van der Waals surface area contributed by atoms with Gasteiger partial charge in [0.15, 0.2) is 0 Å². The number of phenolic OH excluding ortho intramolecular Hbond substituents is 3. The van der Waals surface area contributed by atoms with E-state index in [2.05, 4.69) is 86.6 Å². The molecule has 6 rings (SSSR count). The maximum Gasteiger partial charge on any atom is 0.203 e. The van der Waals surface area contributed by atoms with E-state index in [-0.39, 0.29) is 23.9 Å². The van der Waals surface area contributed by atoms with Crippen LogP contribution in [0.5, 0.6) is 17.2 Å². The second-order valence-electron chi connectivity index (χ2n) is 12.3. The van der Waals surface area contributed by atoms with Crippen LogP contribution in [0, 0.1) is 20.8 Å². The molecule has 1 heterocycles. The number of hydrogen-bond acceptors (Lipinski definition) is 5. The number of hydrogen-bond donors (Lipinski definition) is 3. The zero-order valence-electron chi connectivity index (χ0n) is 30.4. The van der Waals surface area contributed by atoms with Gasteiger partial charge in [-0.05, 0) is 119 Å². The van der Waals surface area contributed by atoms with E-state index in [4.69, 9.17) is 9.52 Å². The van der Waals surface area contributed by atoms with Gasteiger partial charge in [-0.3, -0.25) is 0 Å². The summed E-state index contributed by atoms with van der Waals surface area (Å²) in [6, 6.07) is 33.5.